The van der Waals surface area contributed by atoms with E-state index in [1.807, 2.05) is 0 Å². The molecule has 1 rings (SSSR count). The van der Waals surface area contributed by atoms with Crippen molar-refractivity contribution >= 4 is 23.2 Å². The van der Waals surface area contributed by atoms with E-state index in [4.69, 9.17) is 23.2 Å². The van der Waals surface area contributed by atoms with Gasteiger partial charge in [-0.15, -0.1) is 0 Å². The summed E-state index contributed by atoms with van der Waals surface area (Å²) in [5.41, 5.74) is -0.805. The molecular weight excluding hydrogens is 223 g/mol. The van der Waals surface area contributed by atoms with Gasteiger partial charge in [-0.25, -0.2) is 0 Å². The maximum Gasteiger partial charge on any atom is 0.109 e. The number of aliphatic hydroxyl groups excluding tert-OH is 1. The molecule has 1 aromatic carbocycles. The number of aliphatic hydroxyl groups is 2. The quantitative estimate of drug-likeness (QED) is 0.827. The first-order chi connectivity index (χ1) is 6.34. The van der Waals surface area contributed by atoms with Crippen LogP contribution < -0.4 is 0 Å². The van der Waals surface area contributed by atoms with Gasteiger partial charge in [0.05, 0.1) is 15.6 Å². The van der Waals surface area contributed by atoms with E-state index in [1.165, 1.54) is 13.8 Å². The smallest absolute Gasteiger partial charge is 0.109 e. The van der Waals surface area contributed by atoms with Crippen molar-refractivity contribution in [2.75, 3.05) is 0 Å². The van der Waals surface area contributed by atoms with Gasteiger partial charge in [0.2, 0.25) is 0 Å². The minimum absolute atomic E-state index is 0.281. The number of halogens is 2. The number of hydrogen-bond donors (Lipinski definition) is 2. The minimum Gasteiger partial charge on any atom is -0.387 e. The fraction of sp³-hybridized carbons (Fsp3) is 0.400. The fourth-order valence-corrected chi connectivity index (χ4v) is 1.52. The third-order valence-corrected chi connectivity index (χ3v) is 2.78. The van der Waals surface area contributed by atoms with E-state index in [2.05, 4.69) is 0 Å². The van der Waals surface area contributed by atoms with Crippen LogP contribution in [0.15, 0.2) is 18.2 Å². The number of hydrogen-bond acceptors (Lipinski definition) is 2. The Bertz CT molecular complexity index is 331. The molecule has 4 heteroatoms. The van der Waals surface area contributed by atoms with Gasteiger partial charge in [-0.2, -0.15) is 0 Å². The standard InChI is InChI=1S/C10H12Cl2O2/c1-10(2,14)9(13)6-4-3-5-7(11)8(6)12/h3-5,9,13-14H,1-2H3. The van der Waals surface area contributed by atoms with E-state index in [0.717, 1.165) is 0 Å². The van der Waals surface area contributed by atoms with Crippen LogP contribution in [0.5, 0.6) is 0 Å². The Labute approximate surface area is 93.1 Å². The molecule has 0 spiro atoms. The molecular formula is C10H12Cl2O2. The first-order valence-electron chi connectivity index (χ1n) is 4.18. The zero-order valence-corrected chi connectivity index (χ0v) is 9.47. The Morgan fingerprint density at radius 2 is 1.86 bits per heavy atom. The summed E-state index contributed by atoms with van der Waals surface area (Å²) in [5.74, 6) is 0. The third kappa shape index (κ3) is 2.39. The highest BCUT2D eigenvalue weighted by Crippen LogP contribution is 2.34. The predicted octanol–water partition coefficient (Wildman–Crippen LogP) is 2.80. The number of rotatable bonds is 2. The molecule has 2 N–H and O–H groups in total. The summed E-state index contributed by atoms with van der Waals surface area (Å²) in [6.45, 7) is 3.02. The van der Waals surface area contributed by atoms with Crippen LogP contribution in [0.25, 0.3) is 0 Å². The average Bonchev–Trinajstić information content (AvgIpc) is 2.07. The van der Waals surface area contributed by atoms with Gasteiger partial charge in [0.25, 0.3) is 0 Å². The Morgan fingerprint density at radius 1 is 1.29 bits per heavy atom. The molecule has 0 heterocycles. The summed E-state index contributed by atoms with van der Waals surface area (Å²) >= 11 is 11.7. The number of benzene rings is 1. The van der Waals surface area contributed by atoms with Gasteiger partial charge >= 0.3 is 0 Å². The normalized spacial score (nSPS) is 14.1. The van der Waals surface area contributed by atoms with Crippen LogP contribution in [0.4, 0.5) is 0 Å². The van der Waals surface area contributed by atoms with E-state index in [-0.39, 0.29) is 5.02 Å². The Kier molecular flexibility index (Phi) is 3.43. The first-order valence-corrected chi connectivity index (χ1v) is 4.94. The van der Waals surface area contributed by atoms with Gasteiger partial charge in [0.15, 0.2) is 0 Å². The van der Waals surface area contributed by atoms with Crippen molar-refractivity contribution in [1.29, 1.82) is 0 Å². The SMILES string of the molecule is CC(C)(O)C(O)c1cccc(Cl)c1Cl. The van der Waals surface area contributed by atoms with Crippen LogP contribution in [-0.2, 0) is 0 Å². The van der Waals surface area contributed by atoms with E-state index in [9.17, 15) is 10.2 Å². The summed E-state index contributed by atoms with van der Waals surface area (Å²) in [6.07, 6.45) is -1.05. The molecule has 0 fully saturated rings. The van der Waals surface area contributed by atoms with E-state index in [1.54, 1.807) is 18.2 Å². The maximum atomic E-state index is 9.77. The van der Waals surface area contributed by atoms with Crippen molar-refractivity contribution in [3.63, 3.8) is 0 Å². The summed E-state index contributed by atoms with van der Waals surface area (Å²) in [6, 6.07) is 4.94. The molecule has 0 saturated heterocycles. The van der Waals surface area contributed by atoms with Crippen molar-refractivity contribution in [3.05, 3.63) is 33.8 Å². The highest BCUT2D eigenvalue weighted by atomic mass is 35.5. The fourth-order valence-electron chi connectivity index (χ4n) is 1.11. The molecule has 0 amide bonds. The molecule has 14 heavy (non-hydrogen) atoms. The Balaban J connectivity index is 3.14. The topological polar surface area (TPSA) is 40.5 Å². The van der Waals surface area contributed by atoms with Crippen molar-refractivity contribution in [1.82, 2.24) is 0 Å². The largest absolute Gasteiger partial charge is 0.387 e. The van der Waals surface area contributed by atoms with Crippen LogP contribution in [0.1, 0.15) is 25.5 Å². The van der Waals surface area contributed by atoms with Gasteiger partial charge in [-0.05, 0) is 19.9 Å². The van der Waals surface area contributed by atoms with Crippen molar-refractivity contribution < 1.29 is 10.2 Å². The van der Waals surface area contributed by atoms with Crippen LogP contribution in [0, 0.1) is 0 Å². The molecule has 0 aromatic heterocycles. The van der Waals surface area contributed by atoms with Crippen LogP contribution in [0.3, 0.4) is 0 Å². The molecule has 1 aromatic rings. The molecule has 1 unspecified atom stereocenters. The lowest BCUT2D eigenvalue weighted by molar-refractivity contribution is -0.0496. The second kappa shape index (κ2) is 4.07. The van der Waals surface area contributed by atoms with Crippen LogP contribution >= 0.6 is 23.2 Å². The van der Waals surface area contributed by atoms with Crippen molar-refractivity contribution in [2.24, 2.45) is 0 Å². The average molecular weight is 235 g/mol. The molecule has 0 bridgehead atoms. The first kappa shape index (κ1) is 11.8. The third-order valence-electron chi connectivity index (χ3n) is 1.95. The van der Waals surface area contributed by atoms with Gasteiger partial charge in [0.1, 0.15) is 6.10 Å². The molecule has 0 aliphatic rings. The highest BCUT2D eigenvalue weighted by Gasteiger charge is 2.28. The molecule has 78 valence electrons. The van der Waals surface area contributed by atoms with Crippen molar-refractivity contribution in [3.8, 4) is 0 Å². The zero-order valence-electron chi connectivity index (χ0n) is 7.96. The summed E-state index contributed by atoms with van der Waals surface area (Å²) in [4.78, 5) is 0. The van der Waals surface area contributed by atoms with Gasteiger partial charge in [-0.1, -0.05) is 35.3 Å². The molecule has 2 nitrogen and oxygen atoms in total. The van der Waals surface area contributed by atoms with Gasteiger partial charge in [-0.3, -0.25) is 0 Å². The monoisotopic (exact) mass is 234 g/mol. The summed E-state index contributed by atoms with van der Waals surface area (Å²) < 4.78 is 0. The second-order valence-electron chi connectivity index (χ2n) is 3.70. The van der Waals surface area contributed by atoms with E-state index >= 15 is 0 Å². The Morgan fingerprint density at radius 3 is 2.36 bits per heavy atom. The van der Waals surface area contributed by atoms with Crippen LogP contribution in [-0.4, -0.2) is 15.8 Å². The minimum atomic E-state index is -1.24. The second-order valence-corrected chi connectivity index (χ2v) is 4.48. The van der Waals surface area contributed by atoms with Gasteiger partial charge < -0.3 is 10.2 Å². The lowest BCUT2D eigenvalue weighted by Crippen LogP contribution is -2.28. The Hall–Kier alpha value is -0.280. The lowest BCUT2D eigenvalue weighted by Gasteiger charge is -2.25. The summed E-state index contributed by atoms with van der Waals surface area (Å²) in [5, 5.41) is 20.0. The van der Waals surface area contributed by atoms with Crippen molar-refractivity contribution in [2.45, 2.75) is 25.6 Å². The summed E-state index contributed by atoms with van der Waals surface area (Å²) in [7, 11) is 0. The van der Waals surface area contributed by atoms with Crippen LogP contribution in [0.2, 0.25) is 10.0 Å². The lowest BCUT2D eigenvalue weighted by atomic mass is 9.95. The zero-order chi connectivity index (χ0) is 10.9. The molecule has 0 aliphatic heterocycles. The predicted molar refractivity (Wildman–Crippen MR) is 57.7 cm³/mol. The molecule has 1 atom stereocenters. The van der Waals surface area contributed by atoms with E-state index < -0.39 is 11.7 Å². The molecule has 0 saturated carbocycles. The van der Waals surface area contributed by atoms with E-state index in [0.29, 0.717) is 10.6 Å². The maximum absolute atomic E-state index is 9.77. The molecule has 0 radical (unpaired) electrons. The molecule has 0 aliphatic carbocycles. The van der Waals surface area contributed by atoms with Gasteiger partial charge in [0, 0.05) is 5.56 Å². The highest BCUT2D eigenvalue weighted by molar-refractivity contribution is 6.42.